The normalized spacial score (nSPS) is 16.5. The van der Waals surface area contributed by atoms with Crippen molar-refractivity contribution in [3.8, 4) is 5.69 Å². The SMILES string of the molecule is CC(C)c1nc(C(=O)NCCC2CCNC2)nn1-c1ccccc1F.Cl. The van der Waals surface area contributed by atoms with Crippen LogP contribution in [0.3, 0.4) is 0 Å². The van der Waals surface area contributed by atoms with Gasteiger partial charge in [-0.1, -0.05) is 26.0 Å². The Kier molecular flexibility index (Phi) is 7.11. The summed E-state index contributed by atoms with van der Waals surface area (Å²) in [6, 6.07) is 6.36. The highest BCUT2D eigenvalue weighted by Crippen LogP contribution is 2.19. The minimum atomic E-state index is -0.394. The van der Waals surface area contributed by atoms with Gasteiger partial charge in [0.1, 0.15) is 17.3 Å². The molecule has 8 heteroatoms. The average molecular weight is 382 g/mol. The summed E-state index contributed by atoms with van der Waals surface area (Å²) in [5.41, 5.74) is 0.301. The lowest BCUT2D eigenvalue weighted by Gasteiger charge is -2.08. The zero-order valence-corrected chi connectivity index (χ0v) is 15.9. The van der Waals surface area contributed by atoms with Gasteiger partial charge in [0.2, 0.25) is 5.82 Å². The van der Waals surface area contributed by atoms with E-state index in [1.807, 2.05) is 13.8 Å². The van der Waals surface area contributed by atoms with E-state index < -0.39 is 5.82 Å². The van der Waals surface area contributed by atoms with Gasteiger partial charge in [-0.2, -0.15) is 0 Å². The van der Waals surface area contributed by atoms with Gasteiger partial charge in [0, 0.05) is 12.5 Å². The van der Waals surface area contributed by atoms with Crippen LogP contribution in [0.15, 0.2) is 24.3 Å². The van der Waals surface area contributed by atoms with Crippen molar-refractivity contribution in [3.63, 3.8) is 0 Å². The minimum Gasteiger partial charge on any atom is -0.349 e. The molecule has 0 spiro atoms. The largest absolute Gasteiger partial charge is 0.349 e. The quantitative estimate of drug-likeness (QED) is 0.807. The first kappa shape index (κ1) is 20.3. The summed E-state index contributed by atoms with van der Waals surface area (Å²) >= 11 is 0. The molecule has 0 radical (unpaired) electrons. The first-order chi connectivity index (χ1) is 12.1. The van der Waals surface area contributed by atoms with Gasteiger partial charge in [-0.05, 0) is 44.0 Å². The first-order valence-corrected chi connectivity index (χ1v) is 8.77. The molecule has 0 aliphatic carbocycles. The molecule has 3 rings (SSSR count). The monoisotopic (exact) mass is 381 g/mol. The highest BCUT2D eigenvalue weighted by molar-refractivity contribution is 5.90. The number of hydrogen-bond acceptors (Lipinski definition) is 4. The van der Waals surface area contributed by atoms with Crippen LogP contribution >= 0.6 is 12.4 Å². The standard InChI is InChI=1S/C18H24FN5O.ClH/c1-12(2)17-22-16(18(25)21-10-8-13-7-9-20-11-13)23-24(17)15-6-4-3-5-14(15)19;/h3-6,12-13,20H,7-11H2,1-2H3,(H,21,25);1H. The van der Waals surface area contributed by atoms with E-state index >= 15 is 0 Å². The smallest absolute Gasteiger partial charge is 0.290 e. The number of aromatic nitrogens is 3. The third-order valence-corrected chi connectivity index (χ3v) is 4.43. The number of halogens is 2. The Morgan fingerprint density at radius 1 is 1.42 bits per heavy atom. The van der Waals surface area contributed by atoms with Crippen molar-refractivity contribution < 1.29 is 9.18 Å². The van der Waals surface area contributed by atoms with Crippen LogP contribution in [0.5, 0.6) is 0 Å². The highest BCUT2D eigenvalue weighted by atomic mass is 35.5. The fourth-order valence-corrected chi connectivity index (χ4v) is 3.02. The maximum absolute atomic E-state index is 14.1. The van der Waals surface area contributed by atoms with Gasteiger partial charge in [-0.3, -0.25) is 4.79 Å². The van der Waals surface area contributed by atoms with Crippen molar-refractivity contribution in [2.24, 2.45) is 5.92 Å². The van der Waals surface area contributed by atoms with E-state index in [1.165, 1.54) is 10.7 Å². The van der Waals surface area contributed by atoms with Crippen LogP contribution in [0, 0.1) is 11.7 Å². The zero-order chi connectivity index (χ0) is 17.8. The van der Waals surface area contributed by atoms with Crippen molar-refractivity contribution in [2.45, 2.75) is 32.6 Å². The molecule has 1 aliphatic heterocycles. The third kappa shape index (κ3) is 4.59. The molecule has 142 valence electrons. The Bertz CT molecular complexity index is 743. The molecule has 1 fully saturated rings. The summed E-state index contributed by atoms with van der Waals surface area (Å²) in [5.74, 6) is 0.554. The summed E-state index contributed by atoms with van der Waals surface area (Å²) in [7, 11) is 0. The lowest BCUT2D eigenvalue weighted by molar-refractivity contribution is 0.0941. The van der Waals surface area contributed by atoms with Gasteiger partial charge < -0.3 is 10.6 Å². The second-order valence-corrected chi connectivity index (χ2v) is 6.71. The predicted molar refractivity (Wildman–Crippen MR) is 101 cm³/mol. The number of nitrogens with one attached hydrogen (secondary N) is 2. The van der Waals surface area contributed by atoms with Crippen LogP contribution < -0.4 is 10.6 Å². The van der Waals surface area contributed by atoms with E-state index in [1.54, 1.807) is 18.2 Å². The van der Waals surface area contributed by atoms with Crippen LogP contribution in [-0.4, -0.2) is 40.3 Å². The van der Waals surface area contributed by atoms with Crippen LogP contribution in [0.25, 0.3) is 5.69 Å². The molecule has 1 unspecified atom stereocenters. The van der Waals surface area contributed by atoms with Crippen LogP contribution in [-0.2, 0) is 0 Å². The molecule has 0 bridgehead atoms. The summed E-state index contributed by atoms with van der Waals surface area (Å²) in [6.07, 6.45) is 2.08. The molecular weight excluding hydrogens is 357 g/mol. The van der Waals surface area contributed by atoms with E-state index in [-0.39, 0.29) is 30.1 Å². The fourth-order valence-electron chi connectivity index (χ4n) is 3.02. The van der Waals surface area contributed by atoms with Crippen molar-refractivity contribution in [1.29, 1.82) is 0 Å². The molecule has 6 nitrogen and oxygen atoms in total. The van der Waals surface area contributed by atoms with Gasteiger partial charge in [-0.25, -0.2) is 14.1 Å². The number of rotatable bonds is 6. The second-order valence-electron chi connectivity index (χ2n) is 6.71. The van der Waals surface area contributed by atoms with E-state index in [0.717, 1.165) is 25.9 Å². The summed E-state index contributed by atoms with van der Waals surface area (Å²) < 4.78 is 15.5. The molecule has 1 amide bonds. The second kappa shape index (κ2) is 9.09. The molecule has 1 aromatic heterocycles. The molecule has 1 aromatic carbocycles. The van der Waals surface area contributed by atoms with Gasteiger partial charge in [-0.15, -0.1) is 17.5 Å². The van der Waals surface area contributed by atoms with E-state index in [0.29, 0.717) is 24.0 Å². The number of amides is 1. The Hall–Kier alpha value is -1.99. The van der Waals surface area contributed by atoms with Gasteiger partial charge in [0.25, 0.3) is 5.91 Å². The zero-order valence-electron chi connectivity index (χ0n) is 15.0. The summed E-state index contributed by atoms with van der Waals surface area (Å²) in [6.45, 7) is 6.53. The first-order valence-electron chi connectivity index (χ1n) is 8.77. The molecular formula is C18H25ClFN5O. The molecule has 1 aliphatic rings. The summed E-state index contributed by atoms with van der Waals surface area (Å²) in [4.78, 5) is 16.7. The molecule has 0 saturated carbocycles. The maximum Gasteiger partial charge on any atom is 0.290 e. The Balaban J connectivity index is 0.00000243. The number of nitrogens with zero attached hydrogens (tertiary/aromatic N) is 3. The van der Waals surface area contributed by atoms with Crippen molar-refractivity contribution in [3.05, 3.63) is 41.7 Å². The number of benzene rings is 1. The number of carbonyl (C=O) groups excluding carboxylic acids is 1. The fraction of sp³-hybridized carbons (Fsp3) is 0.500. The summed E-state index contributed by atoms with van der Waals surface area (Å²) in [5, 5.41) is 10.4. The van der Waals surface area contributed by atoms with Gasteiger partial charge in [0.15, 0.2) is 0 Å². The lowest BCUT2D eigenvalue weighted by Crippen LogP contribution is -2.27. The van der Waals surface area contributed by atoms with Crippen molar-refractivity contribution >= 4 is 18.3 Å². The third-order valence-electron chi connectivity index (χ3n) is 4.43. The lowest BCUT2D eigenvalue weighted by atomic mass is 10.1. The molecule has 2 heterocycles. The van der Waals surface area contributed by atoms with Crippen molar-refractivity contribution in [2.75, 3.05) is 19.6 Å². The van der Waals surface area contributed by atoms with Crippen LogP contribution in [0.1, 0.15) is 49.1 Å². The Morgan fingerprint density at radius 2 is 2.19 bits per heavy atom. The van der Waals surface area contributed by atoms with Gasteiger partial charge in [0.05, 0.1) is 0 Å². The van der Waals surface area contributed by atoms with Crippen molar-refractivity contribution in [1.82, 2.24) is 25.4 Å². The maximum atomic E-state index is 14.1. The number of carbonyl (C=O) groups is 1. The molecule has 26 heavy (non-hydrogen) atoms. The minimum absolute atomic E-state index is 0. The van der Waals surface area contributed by atoms with Gasteiger partial charge >= 0.3 is 0 Å². The Labute approximate surface area is 159 Å². The van der Waals surface area contributed by atoms with E-state index in [4.69, 9.17) is 0 Å². The highest BCUT2D eigenvalue weighted by Gasteiger charge is 2.21. The number of hydrogen-bond donors (Lipinski definition) is 2. The van der Waals surface area contributed by atoms with Crippen LogP contribution in [0.4, 0.5) is 4.39 Å². The van der Waals surface area contributed by atoms with E-state index in [9.17, 15) is 9.18 Å². The number of para-hydroxylation sites is 1. The van der Waals surface area contributed by atoms with Crippen LogP contribution in [0.2, 0.25) is 0 Å². The molecule has 1 saturated heterocycles. The predicted octanol–water partition coefficient (Wildman–Crippen LogP) is 2.68. The van der Waals surface area contributed by atoms with E-state index in [2.05, 4.69) is 20.7 Å². The average Bonchev–Trinajstić information content (AvgIpc) is 3.24. The Morgan fingerprint density at radius 3 is 2.85 bits per heavy atom. The molecule has 2 N–H and O–H groups in total. The topological polar surface area (TPSA) is 71.8 Å². The molecule has 2 aromatic rings. The molecule has 1 atom stereocenters.